The molecule has 2 amide bonds. The molecule has 4 rings (SSSR count). The average molecular weight is 681 g/mol. The molecule has 2 aromatic rings. The third kappa shape index (κ3) is 8.53. The number of fused-ring (bicyclic) bond motifs is 1. The molecule has 1 aliphatic heterocycles. The van der Waals surface area contributed by atoms with Crippen LogP contribution in [0.4, 0.5) is 33.5 Å². The van der Waals surface area contributed by atoms with Gasteiger partial charge in [0, 0.05) is 24.6 Å². The zero-order valence-electron chi connectivity index (χ0n) is 24.3. The Morgan fingerprint density at radius 2 is 1.82 bits per heavy atom. The zero-order chi connectivity index (χ0) is 33.1. The number of carbonyl (C=O) groups is 2. The summed E-state index contributed by atoms with van der Waals surface area (Å²) in [5, 5.41) is 18.3. The van der Waals surface area contributed by atoms with Crippen LogP contribution in [0.3, 0.4) is 0 Å². The fourth-order valence-corrected chi connectivity index (χ4v) is 5.43. The molecule has 1 saturated carbocycles. The number of nitrogens with zero attached hydrogens (tertiary/aromatic N) is 2. The number of pyridine rings is 1. The van der Waals surface area contributed by atoms with E-state index in [4.69, 9.17) is 27.9 Å². The number of ether oxygens (including phenoxy) is 1. The summed E-state index contributed by atoms with van der Waals surface area (Å²) >= 11 is 13.0. The summed E-state index contributed by atoms with van der Waals surface area (Å²) in [7, 11) is 0. The highest BCUT2D eigenvalue weighted by Gasteiger charge is 2.41. The predicted molar refractivity (Wildman–Crippen MR) is 159 cm³/mol. The second-order valence-corrected chi connectivity index (χ2v) is 12.4. The summed E-state index contributed by atoms with van der Waals surface area (Å²) in [6, 6.07) is 4.06. The first-order valence-electron chi connectivity index (χ1n) is 14.1. The molecule has 1 aromatic carbocycles. The van der Waals surface area contributed by atoms with Crippen molar-refractivity contribution >= 4 is 52.4 Å². The van der Waals surface area contributed by atoms with Crippen molar-refractivity contribution < 1.29 is 41.4 Å². The average Bonchev–Trinajstić information content (AvgIpc) is 3.38. The second kappa shape index (κ2) is 14.0. The maximum Gasteiger partial charge on any atom is 0.391 e. The quantitative estimate of drug-likeness (QED) is 0.221. The van der Waals surface area contributed by atoms with E-state index in [2.05, 4.69) is 25.9 Å². The summed E-state index contributed by atoms with van der Waals surface area (Å²) in [6.07, 6.45) is -7.08. The number of aliphatic hydroxyl groups is 1. The van der Waals surface area contributed by atoms with Crippen LogP contribution >= 0.6 is 23.2 Å². The van der Waals surface area contributed by atoms with E-state index in [0.717, 1.165) is 0 Å². The lowest BCUT2D eigenvalue weighted by Crippen LogP contribution is -2.40. The normalized spacial score (nSPS) is 18.3. The number of carbonyl (C=O) groups excluding carboxylic acids is 2. The number of aliphatic imine (C=N–C) groups is 1. The molecule has 0 spiro atoms. The Kier molecular flexibility index (Phi) is 10.8. The van der Waals surface area contributed by atoms with Gasteiger partial charge in [0.2, 0.25) is 11.8 Å². The Morgan fingerprint density at radius 3 is 2.44 bits per heavy atom. The Balaban J connectivity index is 1.50. The van der Waals surface area contributed by atoms with Gasteiger partial charge in [-0.25, -0.2) is 13.8 Å². The summed E-state index contributed by atoms with van der Waals surface area (Å²) in [6.45, 7) is 1.83. The van der Waals surface area contributed by atoms with E-state index >= 15 is 0 Å². The van der Waals surface area contributed by atoms with Crippen LogP contribution in [0.1, 0.15) is 61.0 Å². The largest absolute Gasteiger partial charge is 0.471 e. The summed E-state index contributed by atoms with van der Waals surface area (Å²) in [5.41, 5.74) is 0.0981. The smallest absolute Gasteiger partial charge is 0.391 e. The second-order valence-electron chi connectivity index (χ2n) is 11.6. The Morgan fingerprint density at radius 1 is 1.13 bits per heavy atom. The van der Waals surface area contributed by atoms with Crippen molar-refractivity contribution in [2.75, 3.05) is 18.5 Å². The molecule has 0 radical (unpaired) electrons. The number of alkyl halides is 5. The number of hydrogen-bond acceptors (Lipinski definition) is 7. The molecule has 2 aliphatic rings. The van der Waals surface area contributed by atoms with Crippen LogP contribution in [-0.4, -0.2) is 59.6 Å². The van der Waals surface area contributed by atoms with Crippen LogP contribution in [0.5, 0.6) is 5.88 Å². The molecule has 45 heavy (non-hydrogen) atoms. The minimum atomic E-state index is -4.30. The number of aliphatic hydroxyl groups excluding tert-OH is 1. The van der Waals surface area contributed by atoms with Crippen molar-refractivity contribution in [1.29, 1.82) is 0 Å². The van der Waals surface area contributed by atoms with Crippen LogP contribution in [0, 0.1) is 11.3 Å². The SMILES string of the molecule is CC(C)(CO)C(=O)NCc1ccc(Cl)c(NC2=Nc3nc(OCC(F)F)c(C(=O)NC4CCC(C(F)(F)F)CC4)cc3C2)c1Cl. The van der Waals surface area contributed by atoms with Gasteiger partial charge in [0.05, 0.1) is 33.7 Å². The van der Waals surface area contributed by atoms with E-state index in [-0.39, 0.29) is 84.2 Å². The van der Waals surface area contributed by atoms with Crippen molar-refractivity contribution in [2.24, 2.45) is 16.3 Å². The molecule has 0 unspecified atom stereocenters. The number of benzene rings is 1. The number of nitrogens with one attached hydrogen (secondary N) is 3. The number of anilines is 1. The van der Waals surface area contributed by atoms with Crippen LogP contribution < -0.4 is 20.7 Å². The van der Waals surface area contributed by atoms with Gasteiger partial charge >= 0.3 is 6.18 Å². The van der Waals surface area contributed by atoms with Crippen molar-refractivity contribution in [3.05, 3.63) is 44.9 Å². The van der Waals surface area contributed by atoms with Crippen LogP contribution in [-0.2, 0) is 17.8 Å². The summed E-state index contributed by atoms with van der Waals surface area (Å²) < 4.78 is 70.2. The molecular formula is C29H32Cl2F5N5O4. The van der Waals surface area contributed by atoms with E-state index < -0.39 is 42.5 Å². The molecule has 0 atom stereocenters. The lowest BCUT2D eigenvalue weighted by molar-refractivity contribution is -0.182. The van der Waals surface area contributed by atoms with Gasteiger partial charge in [0.1, 0.15) is 11.4 Å². The summed E-state index contributed by atoms with van der Waals surface area (Å²) in [4.78, 5) is 34.1. The highest BCUT2D eigenvalue weighted by atomic mass is 35.5. The van der Waals surface area contributed by atoms with Gasteiger partial charge in [-0.05, 0) is 57.2 Å². The molecule has 1 aliphatic carbocycles. The third-order valence-electron chi connectivity index (χ3n) is 7.65. The highest BCUT2D eigenvalue weighted by molar-refractivity contribution is 6.40. The lowest BCUT2D eigenvalue weighted by Gasteiger charge is -2.30. The van der Waals surface area contributed by atoms with Crippen LogP contribution in [0.15, 0.2) is 23.2 Å². The number of aromatic nitrogens is 1. The van der Waals surface area contributed by atoms with E-state index in [9.17, 15) is 36.6 Å². The maximum atomic E-state index is 13.2. The molecule has 2 heterocycles. The predicted octanol–water partition coefficient (Wildman–Crippen LogP) is 6.22. The van der Waals surface area contributed by atoms with Crippen molar-refractivity contribution in [3.8, 4) is 5.88 Å². The molecule has 246 valence electrons. The minimum Gasteiger partial charge on any atom is -0.471 e. The van der Waals surface area contributed by atoms with Gasteiger partial charge < -0.3 is 25.8 Å². The van der Waals surface area contributed by atoms with Gasteiger partial charge in [0.15, 0.2) is 12.4 Å². The number of halogens is 7. The van der Waals surface area contributed by atoms with Crippen molar-refractivity contribution in [3.63, 3.8) is 0 Å². The number of amidine groups is 1. The van der Waals surface area contributed by atoms with Gasteiger partial charge in [-0.2, -0.15) is 18.2 Å². The molecule has 1 aromatic heterocycles. The third-order valence-corrected chi connectivity index (χ3v) is 8.39. The Bertz CT molecular complexity index is 1460. The fraction of sp³-hybridized carbons (Fsp3) is 0.517. The lowest BCUT2D eigenvalue weighted by atomic mass is 9.85. The Hall–Kier alpha value is -3.23. The van der Waals surface area contributed by atoms with Crippen molar-refractivity contribution in [1.82, 2.24) is 15.6 Å². The zero-order valence-corrected chi connectivity index (χ0v) is 25.8. The highest BCUT2D eigenvalue weighted by Crippen LogP contribution is 2.39. The molecule has 9 nitrogen and oxygen atoms in total. The molecule has 0 saturated heterocycles. The maximum absolute atomic E-state index is 13.2. The fourth-order valence-electron chi connectivity index (χ4n) is 4.90. The van der Waals surface area contributed by atoms with E-state index in [0.29, 0.717) is 17.0 Å². The van der Waals surface area contributed by atoms with E-state index in [1.165, 1.54) is 6.07 Å². The number of amides is 2. The molecule has 0 bridgehead atoms. The van der Waals surface area contributed by atoms with Gasteiger partial charge in [-0.1, -0.05) is 29.3 Å². The first-order chi connectivity index (χ1) is 21.1. The topological polar surface area (TPSA) is 125 Å². The first-order valence-corrected chi connectivity index (χ1v) is 14.9. The van der Waals surface area contributed by atoms with E-state index in [1.54, 1.807) is 26.0 Å². The van der Waals surface area contributed by atoms with Gasteiger partial charge in [-0.15, -0.1) is 0 Å². The van der Waals surface area contributed by atoms with Crippen LogP contribution in [0.2, 0.25) is 10.0 Å². The Labute approximate surface area is 265 Å². The molecule has 1 fully saturated rings. The molecule has 4 N–H and O–H groups in total. The van der Waals surface area contributed by atoms with Crippen LogP contribution in [0.25, 0.3) is 0 Å². The van der Waals surface area contributed by atoms with Gasteiger partial charge in [0.25, 0.3) is 12.3 Å². The number of rotatable bonds is 10. The summed E-state index contributed by atoms with van der Waals surface area (Å²) in [5.74, 6) is -2.50. The van der Waals surface area contributed by atoms with Gasteiger partial charge in [-0.3, -0.25) is 9.59 Å². The standard InChI is InChI=1S/C29H32Cl2F5N5O4/c1-28(2,13-42)27(44)37-11-14-3-8-19(30)23(22(14)31)39-21-10-15-9-18(26(41-24(15)40-21)45-12-20(32)33)25(43)38-17-6-4-16(5-7-17)29(34,35)36/h3,8-9,16-17,20,42H,4-7,10-13H2,1-2H3,(H,37,44)(H,38,43)(H,39,40,41). The minimum absolute atomic E-state index is 0.0440. The molecular weight excluding hydrogens is 648 g/mol. The van der Waals surface area contributed by atoms with E-state index in [1.807, 2.05) is 0 Å². The van der Waals surface area contributed by atoms with Crippen molar-refractivity contribution in [2.45, 2.75) is 71.1 Å². The monoisotopic (exact) mass is 679 g/mol. The first kappa shape index (κ1) is 34.6. The molecule has 16 heteroatoms. The number of hydrogen-bond donors (Lipinski definition) is 4.